The Morgan fingerprint density at radius 2 is 1.76 bits per heavy atom. The maximum atomic E-state index is 13.1. The third-order valence-corrected chi connectivity index (χ3v) is 4.31. The number of carbonyl (C=O) groups is 2. The van der Waals surface area contributed by atoms with E-state index in [1.54, 1.807) is 19.1 Å². The van der Waals surface area contributed by atoms with Crippen molar-refractivity contribution in [3.05, 3.63) is 82.9 Å². The van der Waals surface area contributed by atoms with E-state index in [9.17, 15) is 19.1 Å². The fourth-order valence-corrected chi connectivity index (χ4v) is 3.06. The first kappa shape index (κ1) is 16.9. The van der Waals surface area contributed by atoms with E-state index in [-0.39, 0.29) is 30.1 Å². The number of halogens is 1. The summed E-state index contributed by atoms with van der Waals surface area (Å²) in [5.41, 5.74) is 1.59. The van der Waals surface area contributed by atoms with E-state index >= 15 is 0 Å². The molecule has 0 bridgehead atoms. The summed E-state index contributed by atoms with van der Waals surface area (Å²) in [6.45, 7) is 1.86. The molecule has 0 aromatic heterocycles. The van der Waals surface area contributed by atoms with Gasteiger partial charge in [0.1, 0.15) is 5.82 Å². The highest BCUT2D eigenvalue weighted by Gasteiger charge is 2.42. The molecule has 25 heavy (non-hydrogen) atoms. The molecule has 1 aliphatic rings. The van der Waals surface area contributed by atoms with E-state index in [1.165, 1.54) is 17.0 Å². The summed E-state index contributed by atoms with van der Waals surface area (Å²) >= 11 is 0. The van der Waals surface area contributed by atoms with Crippen LogP contribution in [0.5, 0.6) is 0 Å². The van der Waals surface area contributed by atoms with Crippen LogP contribution in [0.3, 0.4) is 0 Å². The summed E-state index contributed by atoms with van der Waals surface area (Å²) < 4.78 is 13.1. The molecule has 1 heterocycles. The van der Waals surface area contributed by atoms with Gasteiger partial charge in [0.05, 0.1) is 11.6 Å². The van der Waals surface area contributed by atoms with E-state index in [0.717, 1.165) is 5.56 Å². The zero-order valence-electron chi connectivity index (χ0n) is 13.8. The molecule has 0 aliphatic carbocycles. The van der Waals surface area contributed by atoms with Crippen LogP contribution in [0, 0.1) is 5.82 Å². The standard InChI is InChI=1S/C20H18FNO3/c1-2-16(23)17-18(14-6-4-3-5-7-14)22(20(25)19(17)24)12-13-8-10-15(21)11-9-13/h3-11,18,24H,2,12H2,1H3. The van der Waals surface area contributed by atoms with Gasteiger partial charge in [0, 0.05) is 13.0 Å². The van der Waals surface area contributed by atoms with Crippen molar-refractivity contribution in [1.82, 2.24) is 4.90 Å². The van der Waals surface area contributed by atoms with Gasteiger partial charge < -0.3 is 10.0 Å². The molecule has 128 valence electrons. The number of nitrogens with zero attached hydrogens (tertiary/aromatic N) is 1. The normalized spacial score (nSPS) is 17.3. The summed E-state index contributed by atoms with van der Waals surface area (Å²) in [5, 5.41) is 10.3. The maximum absolute atomic E-state index is 13.1. The molecule has 0 fully saturated rings. The monoisotopic (exact) mass is 339 g/mol. The molecular weight excluding hydrogens is 321 g/mol. The average Bonchev–Trinajstić information content (AvgIpc) is 2.88. The lowest BCUT2D eigenvalue weighted by Gasteiger charge is -2.27. The molecule has 1 atom stereocenters. The quantitative estimate of drug-likeness (QED) is 0.904. The molecule has 1 N–H and O–H groups in total. The molecular formula is C20H18FNO3. The number of Topliss-reactive ketones (excluding diaryl/α,β-unsaturated/α-hetero) is 1. The molecule has 3 rings (SSSR count). The smallest absolute Gasteiger partial charge is 0.290 e. The van der Waals surface area contributed by atoms with Crippen molar-refractivity contribution in [3.63, 3.8) is 0 Å². The highest BCUT2D eigenvalue weighted by atomic mass is 19.1. The topological polar surface area (TPSA) is 57.6 Å². The van der Waals surface area contributed by atoms with Crippen LogP contribution in [-0.4, -0.2) is 21.7 Å². The number of hydrogen-bond donors (Lipinski definition) is 1. The van der Waals surface area contributed by atoms with Gasteiger partial charge in [-0.05, 0) is 23.3 Å². The zero-order valence-corrected chi connectivity index (χ0v) is 13.8. The Kier molecular flexibility index (Phi) is 4.65. The summed E-state index contributed by atoms with van der Waals surface area (Å²) in [6.07, 6.45) is 0.195. The Hall–Kier alpha value is -2.95. The molecule has 5 heteroatoms. The van der Waals surface area contributed by atoms with Crippen LogP contribution < -0.4 is 0 Å². The minimum absolute atomic E-state index is 0.126. The highest BCUT2D eigenvalue weighted by Crippen LogP contribution is 2.39. The Morgan fingerprint density at radius 3 is 2.36 bits per heavy atom. The highest BCUT2D eigenvalue weighted by molar-refractivity contribution is 6.08. The van der Waals surface area contributed by atoms with Crippen molar-refractivity contribution in [3.8, 4) is 0 Å². The first-order chi connectivity index (χ1) is 12.0. The molecule has 4 nitrogen and oxygen atoms in total. The number of rotatable bonds is 5. The number of aliphatic hydroxyl groups excluding tert-OH is 1. The molecule has 0 saturated carbocycles. The number of carbonyl (C=O) groups excluding carboxylic acids is 2. The van der Waals surface area contributed by atoms with Gasteiger partial charge in [-0.15, -0.1) is 0 Å². The minimum atomic E-state index is -0.647. The van der Waals surface area contributed by atoms with Gasteiger partial charge in [0.25, 0.3) is 5.91 Å². The fraction of sp³-hybridized carbons (Fsp3) is 0.200. The molecule has 0 saturated heterocycles. The minimum Gasteiger partial charge on any atom is -0.503 e. The maximum Gasteiger partial charge on any atom is 0.290 e. The summed E-state index contributed by atoms with van der Waals surface area (Å²) in [7, 11) is 0. The Labute approximate surface area is 145 Å². The van der Waals surface area contributed by atoms with E-state index in [4.69, 9.17) is 0 Å². The molecule has 1 amide bonds. The van der Waals surface area contributed by atoms with E-state index < -0.39 is 17.7 Å². The van der Waals surface area contributed by atoms with Gasteiger partial charge in [-0.25, -0.2) is 4.39 Å². The number of hydrogen-bond acceptors (Lipinski definition) is 3. The van der Waals surface area contributed by atoms with Gasteiger partial charge in [0.2, 0.25) is 0 Å². The lowest BCUT2D eigenvalue weighted by molar-refractivity contribution is -0.130. The number of amides is 1. The number of aliphatic hydroxyl groups is 1. The lowest BCUT2D eigenvalue weighted by atomic mass is 9.95. The van der Waals surface area contributed by atoms with Crippen molar-refractivity contribution in [2.45, 2.75) is 25.9 Å². The fourth-order valence-electron chi connectivity index (χ4n) is 3.06. The van der Waals surface area contributed by atoms with Crippen molar-refractivity contribution < 1.29 is 19.1 Å². The van der Waals surface area contributed by atoms with Crippen molar-refractivity contribution in [2.75, 3.05) is 0 Å². The van der Waals surface area contributed by atoms with Crippen LogP contribution in [0.1, 0.15) is 30.5 Å². The van der Waals surface area contributed by atoms with Crippen molar-refractivity contribution in [2.24, 2.45) is 0 Å². The predicted octanol–water partition coefficient (Wildman–Crippen LogP) is 3.70. The van der Waals surface area contributed by atoms with Gasteiger partial charge in [-0.3, -0.25) is 9.59 Å². The van der Waals surface area contributed by atoms with Crippen LogP contribution in [0.4, 0.5) is 4.39 Å². The van der Waals surface area contributed by atoms with Gasteiger partial charge in [-0.2, -0.15) is 0 Å². The van der Waals surface area contributed by atoms with Crippen LogP contribution >= 0.6 is 0 Å². The zero-order chi connectivity index (χ0) is 18.0. The van der Waals surface area contributed by atoms with Gasteiger partial charge in [-0.1, -0.05) is 49.4 Å². The first-order valence-corrected chi connectivity index (χ1v) is 8.09. The van der Waals surface area contributed by atoms with E-state index in [2.05, 4.69) is 0 Å². The van der Waals surface area contributed by atoms with Gasteiger partial charge >= 0.3 is 0 Å². The summed E-state index contributed by atoms with van der Waals surface area (Å²) in [4.78, 5) is 26.4. The average molecular weight is 339 g/mol. The second kappa shape index (κ2) is 6.89. The molecule has 2 aromatic carbocycles. The lowest BCUT2D eigenvalue weighted by Crippen LogP contribution is -2.30. The molecule has 0 radical (unpaired) electrons. The molecule has 1 unspecified atom stereocenters. The van der Waals surface area contributed by atoms with Gasteiger partial charge in [0.15, 0.2) is 11.5 Å². The second-order valence-electron chi connectivity index (χ2n) is 5.91. The number of benzene rings is 2. The SMILES string of the molecule is CCC(=O)C1=C(O)C(=O)N(Cc2ccc(F)cc2)C1c1ccccc1. The third-order valence-electron chi connectivity index (χ3n) is 4.31. The van der Waals surface area contributed by atoms with E-state index in [0.29, 0.717) is 5.56 Å². The first-order valence-electron chi connectivity index (χ1n) is 8.09. The van der Waals surface area contributed by atoms with Crippen LogP contribution in [-0.2, 0) is 16.1 Å². The Bertz CT molecular complexity index is 828. The van der Waals surface area contributed by atoms with Crippen molar-refractivity contribution >= 4 is 11.7 Å². The predicted molar refractivity (Wildman–Crippen MR) is 91.1 cm³/mol. The Balaban J connectivity index is 2.02. The summed E-state index contributed by atoms with van der Waals surface area (Å²) in [5.74, 6) is -1.71. The van der Waals surface area contributed by atoms with Crippen molar-refractivity contribution in [1.29, 1.82) is 0 Å². The van der Waals surface area contributed by atoms with Crippen LogP contribution in [0.15, 0.2) is 65.9 Å². The summed E-state index contributed by atoms with van der Waals surface area (Å²) in [6, 6.07) is 14.3. The van der Waals surface area contributed by atoms with Crippen LogP contribution in [0.25, 0.3) is 0 Å². The third kappa shape index (κ3) is 3.18. The largest absolute Gasteiger partial charge is 0.503 e. The Morgan fingerprint density at radius 1 is 1.12 bits per heavy atom. The molecule has 0 spiro atoms. The van der Waals surface area contributed by atoms with E-state index in [1.807, 2.05) is 30.3 Å². The molecule has 1 aliphatic heterocycles. The molecule has 2 aromatic rings. The van der Waals surface area contributed by atoms with Crippen LogP contribution in [0.2, 0.25) is 0 Å². The second-order valence-corrected chi connectivity index (χ2v) is 5.91. The number of ketones is 1.